The first-order valence-electron chi connectivity index (χ1n) is 6.57. The van der Waals surface area contributed by atoms with Crippen LogP contribution in [-0.4, -0.2) is 33.9 Å². The van der Waals surface area contributed by atoms with Crippen molar-refractivity contribution in [2.75, 3.05) is 13.1 Å². The highest BCUT2D eigenvalue weighted by Gasteiger charge is 2.28. The average Bonchev–Trinajstić information content (AvgIpc) is 2.96. The van der Waals surface area contributed by atoms with E-state index in [1.54, 1.807) is 11.3 Å². The van der Waals surface area contributed by atoms with Crippen LogP contribution in [0.1, 0.15) is 25.5 Å². The smallest absolute Gasteiger partial charge is 0.177 e. The minimum Gasteiger partial charge on any atom is -0.389 e. The Balaban J connectivity index is 1.67. The molecule has 3 rings (SSSR count). The van der Waals surface area contributed by atoms with E-state index in [-0.39, 0.29) is 0 Å². The Morgan fingerprint density at radius 1 is 1.58 bits per heavy atom. The van der Waals surface area contributed by atoms with Crippen molar-refractivity contribution in [3.05, 3.63) is 29.3 Å². The Kier molecular flexibility index (Phi) is 3.43. The maximum Gasteiger partial charge on any atom is 0.177 e. The predicted octanol–water partition coefficient (Wildman–Crippen LogP) is 2.75. The lowest BCUT2D eigenvalue weighted by Crippen LogP contribution is -2.45. The predicted molar refractivity (Wildman–Crippen MR) is 75.0 cm³/mol. The van der Waals surface area contributed by atoms with Crippen LogP contribution in [0.2, 0.25) is 0 Å². The molecule has 0 bridgehead atoms. The SMILES string of the molecule is CC1(O)CCCN(Cc2cc(-c3cccs3)on2)C1. The normalized spacial score (nSPS) is 24.7. The second kappa shape index (κ2) is 5.07. The van der Waals surface area contributed by atoms with Gasteiger partial charge in [-0.3, -0.25) is 4.90 Å². The van der Waals surface area contributed by atoms with Gasteiger partial charge in [-0.15, -0.1) is 11.3 Å². The number of likely N-dealkylation sites (tertiary alicyclic amines) is 1. The molecule has 1 aliphatic rings. The van der Waals surface area contributed by atoms with Gasteiger partial charge in [0.2, 0.25) is 0 Å². The van der Waals surface area contributed by atoms with Gasteiger partial charge in [0.05, 0.1) is 16.2 Å². The monoisotopic (exact) mass is 278 g/mol. The first-order chi connectivity index (χ1) is 9.12. The Morgan fingerprint density at radius 2 is 2.47 bits per heavy atom. The molecule has 4 nitrogen and oxygen atoms in total. The van der Waals surface area contributed by atoms with E-state index in [0.717, 1.165) is 42.3 Å². The van der Waals surface area contributed by atoms with Crippen LogP contribution in [-0.2, 0) is 6.54 Å². The maximum absolute atomic E-state index is 10.1. The first-order valence-corrected chi connectivity index (χ1v) is 7.45. The molecular weight excluding hydrogens is 260 g/mol. The molecule has 1 N–H and O–H groups in total. The Morgan fingerprint density at radius 3 is 3.21 bits per heavy atom. The highest BCUT2D eigenvalue weighted by Crippen LogP contribution is 2.26. The lowest BCUT2D eigenvalue weighted by atomic mass is 9.95. The summed E-state index contributed by atoms with van der Waals surface area (Å²) in [5.74, 6) is 0.828. The van der Waals surface area contributed by atoms with Gasteiger partial charge in [-0.1, -0.05) is 11.2 Å². The number of hydrogen-bond acceptors (Lipinski definition) is 5. The van der Waals surface area contributed by atoms with Crippen molar-refractivity contribution in [3.63, 3.8) is 0 Å². The number of piperidine rings is 1. The quantitative estimate of drug-likeness (QED) is 0.938. The summed E-state index contributed by atoms with van der Waals surface area (Å²) in [7, 11) is 0. The highest BCUT2D eigenvalue weighted by atomic mass is 32.1. The van der Waals surface area contributed by atoms with Crippen LogP contribution in [0.25, 0.3) is 10.6 Å². The highest BCUT2D eigenvalue weighted by molar-refractivity contribution is 7.13. The molecule has 0 radical (unpaired) electrons. The van der Waals surface area contributed by atoms with Gasteiger partial charge in [0.15, 0.2) is 5.76 Å². The van der Waals surface area contributed by atoms with Crippen molar-refractivity contribution < 1.29 is 9.63 Å². The largest absolute Gasteiger partial charge is 0.389 e. The molecule has 1 unspecified atom stereocenters. The molecule has 3 heterocycles. The molecule has 0 amide bonds. The van der Waals surface area contributed by atoms with Gasteiger partial charge >= 0.3 is 0 Å². The zero-order valence-corrected chi connectivity index (χ0v) is 11.8. The summed E-state index contributed by atoms with van der Waals surface area (Å²) in [4.78, 5) is 3.34. The molecule has 19 heavy (non-hydrogen) atoms. The second-order valence-electron chi connectivity index (χ2n) is 5.47. The molecule has 2 aromatic heterocycles. The lowest BCUT2D eigenvalue weighted by Gasteiger charge is -2.36. The van der Waals surface area contributed by atoms with E-state index in [9.17, 15) is 5.11 Å². The zero-order chi connectivity index (χ0) is 13.3. The van der Waals surface area contributed by atoms with E-state index in [4.69, 9.17) is 4.52 Å². The van der Waals surface area contributed by atoms with E-state index in [1.165, 1.54) is 0 Å². The fraction of sp³-hybridized carbons (Fsp3) is 0.500. The summed E-state index contributed by atoms with van der Waals surface area (Å²) in [6, 6.07) is 6.03. The van der Waals surface area contributed by atoms with Gasteiger partial charge in [-0.25, -0.2) is 0 Å². The van der Waals surface area contributed by atoms with Crippen molar-refractivity contribution in [3.8, 4) is 10.6 Å². The van der Waals surface area contributed by atoms with E-state index < -0.39 is 5.60 Å². The molecule has 1 aliphatic heterocycles. The van der Waals surface area contributed by atoms with Crippen molar-refractivity contribution in [2.24, 2.45) is 0 Å². The molecule has 0 saturated carbocycles. The summed E-state index contributed by atoms with van der Waals surface area (Å²) in [5.41, 5.74) is 0.361. The number of aromatic nitrogens is 1. The lowest BCUT2D eigenvalue weighted by molar-refractivity contribution is -0.0187. The van der Waals surface area contributed by atoms with Crippen LogP contribution in [0.4, 0.5) is 0 Å². The third-order valence-electron chi connectivity index (χ3n) is 3.46. The van der Waals surface area contributed by atoms with Crippen LogP contribution in [0.3, 0.4) is 0 Å². The molecule has 1 atom stereocenters. The molecular formula is C14H18N2O2S. The van der Waals surface area contributed by atoms with Crippen LogP contribution in [0.5, 0.6) is 0 Å². The minimum atomic E-state index is -0.571. The van der Waals surface area contributed by atoms with Crippen molar-refractivity contribution >= 4 is 11.3 Å². The third kappa shape index (κ3) is 3.05. The van der Waals surface area contributed by atoms with Gasteiger partial charge in [-0.05, 0) is 37.8 Å². The van der Waals surface area contributed by atoms with E-state index in [1.807, 2.05) is 30.5 Å². The molecule has 5 heteroatoms. The number of hydrogen-bond donors (Lipinski definition) is 1. The van der Waals surface area contributed by atoms with Crippen molar-refractivity contribution in [2.45, 2.75) is 31.9 Å². The molecule has 2 aromatic rings. The maximum atomic E-state index is 10.1. The van der Waals surface area contributed by atoms with Crippen LogP contribution in [0, 0.1) is 0 Å². The number of aliphatic hydroxyl groups is 1. The van der Waals surface area contributed by atoms with Crippen LogP contribution >= 0.6 is 11.3 Å². The topological polar surface area (TPSA) is 49.5 Å². The number of nitrogens with zero attached hydrogens (tertiary/aromatic N) is 2. The zero-order valence-electron chi connectivity index (χ0n) is 11.0. The van der Waals surface area contributed by atoms with Gasteiger partial charge in [0, 0.05) is 19.2 Å². The van der Waals surface area contributed by atoms with E-state index in [0.29, 0.717) is 6.54 Å². The fourth-order valence-electron chi connectivity index (χ4n) is 2.61. The molecule has 102 valence electrons. The fourth-order valence-corrected chi connectivity index (χ4v) is 3.28. The van der Waals surface area contributed by atoms with Gasteiger partial charge in [-0.2, -0.15) is 0 Å². The minimum absolute atomic E-state index is 0.571. The van der Waals surface area contributed by atoms with Gasteiger partial charge < -0.3 is 9.63 Å². The number of β-amino-alcohol motifs (C(OH)–C–C–N with tert-alkyl or cyclic N) is 1. The molecule has 0 aromatic carbocycles. The third-order valence-corrected chi connectivity index (χ3v) is 4.35. The summed E-state index contributed by atoms with van der Waals surface area (Å²) in [6.07, 6.45) is 1.91. The van der Waals surface area contributed by atoms with E-state index in [2.05, 4.69) is 10.1 Å². The molecule has 0 spiro atoms. The summed E-state index contributed by atoms with van der Waals surface area (Å²) in [5, 5.41) is 16.2. The van der Waals surface area contributed by atoms with Crippen LogP contribution < -0.4 is 0 Å². The van der Waals surface area contributed by atoms with Gasteiger partial charge in [0.25, 0.3) is 0 Å². The number of rotatable bonds is 3. The molecule has 0 aliphatic carbocycles. The molecule has 1 fully saturated rings. The Labute approximate surface area is 116 Å². The van der Waals surface area contributed by atoms with Crippen molar-refractivity contribution in [1.29, 1.82) is 0 Å². The average molecular weight is 278 g/mol. The number of thiophene rings is 1. The van der Waals surface area contributed by atoms with Crippen molar-refractivity contribution in [1.82, 2.24) is 10.1 Å². The summed E-state index contributed by atoms with van der Waals surface area (Å²) < 4.78 is 5.37. The molecule has 1 saturated heterocycles. The Hall–Kier alpha value is -1.17. The van der Waals surface area contributed by atoms with Gasteiger partial charge in [0.1, 0.15) is 0 Å². The van der Waals surface area contributed by atoms with E-state index >= 15 is 0 Å². The summed E-state index contributed by atoms with van der Waals surface area (Å²) in [6.45, 7) is 4.36. The summed E-state index contributed by atoms with van der Waals surface area (Å²) >= 11 is 1.65. The standard InChI is InChI=1S/C14H18N2O2S/c1-14(17)5-3-6-16(10-14)9-11-8-12(18-15-11)13-4-2-7-19-13/h2,4,7-8,17H,3,5-6,9-10H2,1H3. The van der Waals surface area contributed by atoms with Crippen LogP contribution in [0.15, 0.2) is 28.1 Å². The first kappa shape index (κ1) is 12.8. The Bertz CT molecular complexity index is 533. The second-order valence-corrected chi connectivity index (χ2v) is 6.42.